The number of piperidine rings is 1. The van der Waals surface area contributed by atoms with Gasteiger partial charge < -0.3 is 10.1 Å². The molecule has 0 aliphatic carbocycles. The minimum absolute atomic E-state index is 0.188. The third-order valence-electron chi connectivity index (χ3n) is 2.85. The highest BCUT2D eigenvalue weighted by molar-refractivity contribution is 7.99. The Hall–Kier alpha value is 0.270. The normalized spacial score (nSPS) is 21.7. The van der Waals surface area contributed by atoms with Crippen molar-refractivity contribution in [1.82, 2.24) is 5.32 Å². The minimum Gasteiger partial charge on any atom is -0.378 e. The Kier molecular flexibility index (Phi) is 5.14. The first-order valence-corrected chi connectivity index (χ1v) is 6.32. The molecule has 0 aromatic carbocycles. The van der Waals surface area contributed by atoms with Crippen LogP contribution < -0.4 is 5.32 Å². The van der Waals surface area contributed by atoms with Crippen LogP contribution in [-0.2, 0) is 4.74 Å². The van der Waals surface area contributed by atoms with Gasteiger partial charge in [0.2, 0.25) is 0 Å². The standard InChI is InChI=1S/C10H21NOS/c1-3-13-9-6-10(12-2)4-7-11-8-5-10/h11H,3-9H2,1-2H3. The Balaban J connectivity index is 2.29. The SMILES string of the molecule is CCSCCC1(OC)CCNCC1. The molecule has 1 N–H and O–H groups in total. The highest BCUT2D eigenvalue weighted by atomic mass is 32.2. The van der Waals surface area contributed by atoms with E-state index in [0.29, 0.717) is 0 Å². The topological polar surface area (TPSA) is 21.3 Å². The lowest BCUT2D eigenvalue weighted by molar-refractivity contribution is -0.0356. The Morgan fingerprint density at radius 1 is 1.38 bits per heavy atom. The van der Waals surface area contributed by atoms with Gasteiger partial charge in [-0.15, -0.1) is 0 Å². The molecule has 0 radical (unpaired) electrons. The summed E-state index contributed by atoms with van der Waals surface area (Å²) in [6.07, 6.45) is 3.56. The summed E-state index contributed by atoms with van der Waals surface area (Å²) in [5.74, 6) is 2.46. The largest absolute Gasteiger partial charge is 0.378 e. The zero-order chi connectivity index (χ0) is 9.57. The quantitative estimate of drug-likeness (QED) is 0.690. The number of ether oxygens (including phenoxy) is 1. The predicted octanol–water partition coefficient (Wildman–Crippen LogP) is 1.90. The van der Waals surface area contributed by atoms with Crippen molar-refractivity contribution in [3.8, 4) is 0 Å². The summed E-state index contributed by atoms with van der Waals surface area (Å²) in [7, 11) is 1.86. The Labute approximate surface area is 85.8 Å². The van der Waals surface area contributed by atoms with Crippen molar-refractivity contribution in [3.05, 3.63) is 0 Å². The fraction of sp³-hybridized carbons (Fsp3) is 1.00. The molecular weight excluding hydrogens is 182 g/mol. The van der Waals surface area contributed by atoms with Crippen molar-refractivity contribution in [2.24, 2.45) is 0 Å². The molecule has 0 unspecified atom stereocenters. The molecule has 0 saturated carbocycles. The molecule has 0 amide bonds. The second kappa shape index (κ2) is 5.89. The molecule has 13 heavy (non-hydrogen) atoms. The van der Waals surface area contributed by atoms with Gasteiger partial charge in [-0.25, -0.2) is 0 Å². The second-order valence-corrected chi connectivity index (χ2v) is 4.98. The van der Waals surface area contributed by atoms with Crippen molar-refractivity contribution >= 4 is 11.8 Å². The van der Waals surface area contributed by atoms with Gasteiger partial charge in [0.25, 0.3) is 0 Å². The van der Waals surface area contributed by atoms with Crippen LogP contribution in [0.3, 0.4) is 0 Å². The van der Waals surface area contributed by atoms with Crippen LogP contribution in [0.1, 0.15) is 26.2 Å². The van der Waals surface area contributed by atoms with Gasteiger partial charge in [0.1, 0.15) is 0 Å². The number of thioether (sulfide) groups is 1. The van der Waals surface area contributed by atoms with Crippen LogP contribution in [0.5, 0.6) is 0 Å². The predicted molar refractivity (Wildman–Crippen MR) is 59.5 cm³/mol. The zero-order valence-corrected chi connectivity index (χ0v) is 9.58. The smallest absolute Gasteiger partial charge is 0.0710 e. The van der Waals surface area contributed by atoms with E-state index in [2.05, 4.69) is 12.2 Å². The summed E-state index contributed by atoms with van der Waals surface area (Å²) < 4.78 is 5.67. The van der Waals surface area contributed by atoms with E-state index < -0.39 is 0 Å². The number of methoxy groups -OCH3 is 1. The third-order valence-corrected chi connectivity index (χ3v) is 3.75. The van der Waals surface area contributed by atoms with Gasteiger partial charge in [0.05, 0.1) is 5.60 Å². The van der Waals surface area contributed by atoms with Crippen molar-refractivity contribution in [3.63, 3.8) is 0 Å². The number of hydrogen-bond donors (Lipinski definition) is 1. The van der Waals surface area contributed by atoms with E-state index in [4.69, 9.17) is 4.74 Å². The number of nitrogens with one attached hydrogen (secondary N) is 1. The summed E-state index contributed by atoms with van der Waals surface area (Å²) in [6, 6.07) is 0. The Bertz CT molecular complexity index is 135. The van der Waals surface area contributed by atoms with Crippen LogP contribution in [-0.4, -0.2) is 37.3 Å². The van der Waals surface area contributed by atoms with Crippen molar-refractivity contribution in [1.29, 1.82) is 0 Å². The number of hydrogen-bond acceptors (Lipinski definition) is 3. The first-order valence-electron chi connectivity index (χ1n) is 5.16. The molecular formula is C10H21NOS. The fourth-order valence-corrected chi connectivity index (χ4v) is 2.65. The average molecular weight is 203 g/mol. The molecule has 1 saturated heterocycles. The summed E-state index contributed by atoms with van der Waals surface area (Å²) >= 11 is 2.02. The first-order chi connectivity index (χ1) is 6.33. The maximum absolute atomic E-state index is 5.67. The monoisotopic (exact) mass is 203 g/mol. The maximum Gasteiger partial charge on any atom is 0.0710 e. The van der Waals surface area contributed by atoms with Crippen LogP contribution in [0.4, 0.5) is 0 Å². The van der Waals surface area contributed by atoms with E-state index in [9.17, 15) is 0 Å². The summed E-state index contributed by atoms with van der Waals surface area (Å²) in [4.78, 5) is 0. The third kappa shape index (κ3) is 3.49. The van der Waals surface area contributed by atoms with Crippen LogP contribution in [0.15, 0.2) is 0 Å². The highest BCUT2D eigenvalue weighted by Crippen LogP contribution is 2.27. The van der Waals surface area contributed by atoms with Crippen molar-refractivity contribution in [2.45, 2.75) is 31.8 Å². The van der Waals surface area contributed by atoms with E-state index in [1.54, 1.807) is 0 Å². The maximum atomic E-state index is 5.67. The van der Waals surface area contributed by atoms with Gasteiger partial charge in [-0.1, -0.05) is 6.92 Å². The average Bonchev–Trinajstić information content (AvgIpc) is 2.20. The number of rotatable bonds is 5. The molecule has 0 aromatic heterocycles. The molecule has 3 heteroatoms. The van der Waals surface area contributed by atoms with Gasteiger partial charge in [-0.3, -0.25) is 0 Å². The molecule has 2 nitrogen and oxygen atoms in total. The Morgan fingerprint density at radius 3 is 2.62 bits per heavy atom. The second-order valence-electron chi connectivity index (χ2n) is 3.58. The van der Waals surface area contributed by atoms with E-state index >= 15 is 0 Å². The molecule has 1 aliphatic heterocycles. The molecule has 0 bridgehead atoms. The molecule has 1 heterocycles. The van der Waals surface area contributed by atoms with E-state index in [1.165, 1.54) is 30.8 Å². The molecule has 0 spiro atoms. The van der Waals surface area contributed by atoms with Crippen LogP contribution in [0, 0.1) is 0 Å². The fourth-order valence-electron chi connectivity index (χ4n) is 1.84. The zero-order valence-electron chi connectivity index (χ0n) is 8.77. The van der Waals surface area contributed by atoms with E-state index in [1.807, 2.05) is 18.9 Å². The van der Waals surface area contributed by atoms with E-state index in [-0.39, 0.29) is 5.60 Å². The van der Waals surface area contributed by atoms with Gasteiger partial charge in [0.15, 0.2) is 0 Å². The van der Waals surface area contributed by atoms with Crippen LogP contribution in [0.2, 0.25) is 0 Å². The van der Waals surface area contributed by atoms with Crippen molar-refractivity contribution in [2.75, 3.05) is 31.7 Å². The molecule has 1 aliphatic rings. The summed E-state index contributed by atoms with van der Waals surface area (Å²) in [5.41, 5.74) is 0.188. The lowest BCUT2D eigenvalue weighted by atomic mass is 9.89. The van der Waals surface area contributed by atoms with Crippen molar-refractivity contribution < 1.29 is 4.74 Å². The Morgan fingerprint density at radius 2 is 2.08 bits per heavy atom. The van der Waals surface area contributed by atoms with Crippen LogP contribution in [0.25, 0.3) is 0 Å². The molecule has 0 aromatic rings. The molecule has 1 fully saturated rings. The lowest BCUT2D eigenvalue weighted by Gasteiger charge is -2.36. The van der Waals surface area contributed by atoms with Gasteiger partial charge in [0, 0.05) is 7.11 Å². The molecule has 0 atom stereocenters. The summed E-state index contributed by atoms with van der Waals surface area (Å²) in [5, 5.41) is 3.38. The lowest BCUT2D eigenvalue weighted by Crippen LogP contribution is -2.43. The van der Waals surface area contributed by atoms with E-state index in [0.717, 1.165) is 13.1 Å². The first kappa shape index (κ1) is 11.3. The van der Waals surface area contributed by atoms with Gasteiger partial charge in [-0.05, 0) is 43.9 Å². The van der Waals surface area contributed by atoms with Gasteiger partial charge in [-0.2, -0.15) is 11.8 Å². The van der Waals surface area contributed by atoms with Crippen LogP contribution >= 0.6 is 11.8 Å². The summed E-state index contributed by atoms with van der Waals surface area (Å²) in [6.45, 7) is 4.45. The molecule has 78 valence electrons. The van der Waals surface area contributed by atoms with Gasteiger partial charge >= 0.3 is 0 Å². The molecule has 1 rings (SSSR count). The minimum atomic E-state index is 0.188. The highest BCUT2D eigenvalue weighted by Gasteiger charge is 2.30.